The van der Waals surface area contributed by atoms with Crippen molar-refractivity contribution < 1.29 is 14.3 Å². The van der Waals surface area contributed by atoms with Crippen LogP contribution in [0.3, 0.4) is 0 Å². The van der Waals surface area contributed by atoms with Gasteiger partial charge in [0.2, 0.25) is 5.55 Å². The first-order valence-electron chi connectivity index (χ1n) is 10.1. The summed E-state index contributed by atoms with van der Waals surface area (Å²) in [6.07, 6.45) is 0. The van der Waals surface area contributed by atoms with E-state index >= 15 is 0 Å². The zero-order valence-corrected chi connectivity index (χ0v) is 20.5. The van der Waals surface area contributed by atoms with Crippen LogP contribution in [-0.4, -0.2) is 16.0 Å². The van der Waals surface area contributed by atoms with Gasteiger partial charge in [-0.1, -0.05) is 35.9 Å². The molecule has 2 aromatic heterocycles. The SMILES string of the molecule is O=C(N/N=c1/oc2cc(O)ccc2cc1-c1nc(-c2ccc(Cl)cc2)cs1)c1ccccc1Br. The van der Waals surface area contributed by atoms with E-state index in [1.165, 1.54) is 17.4 Å². The summed E-state index contributed by atoms with van der Waals surface area (Å²) < 4.78 is 6.62. The van der Waals surface area contributed by atoms with Gasteiger partial charge in [0.15, 0.2) is 0 Å². The van der Waals surface area contributed by atoms with Crippen LogP contribution in [-0.2, 0) is 0 Å². The molecule has 0 spiro atoms. The molecule has 5 rings (SSSR count). The summed E-state index contributed by atoms with van der Waals surface area (Å²) in [5.74, 6) is -0.336. The molecule has 2 heterocycles. The third kappa shape index (κ3) is 4.61. The number of nitrogens with one attached hydrogen (secondary N) is 1. The van der Waals surface area contributed by atoms with Crippen LogP contribution < -0.4 is 11.0 Å². The number of benzene rings is 3. The Bertz CT molecular complexity index is 1600. The van der Waals surface area contributed by atoms with Gasteiger partial charge in [0.1, 0.15) is 16.3 Å². The van der Waals surface area contributed by atoms with Gasteiger partial charge < -0.3 is 9.52 Å². The van der Waals surface area contributed by atoms with Crippen molar-refractivity contribution >= 4 is 55.7 Å². The Hall–Kier alpha value is -3.46. The molecule has 0 fully saturated rings. The van der Waals surface area contributed by atoms with Gasteiger partial charge in [-0.15, -0.1) is 16.4 Å². The average molecular weight is 553 g/mol. The van der Waals surface area contributed by atoms with Gasteiger partial charge in [-0.25, -0.2) is 10.4 Å². The molecule has 0 aliphatic rings. The Morgan fingerprint density at radius 3 is 2.68 bits per heavy atom. The molecule has 9 heteroatoms. The lowest BCUT2D eigenvalue weighted by Crippen LogP contribution is -2.22. The highest BCUT2D eigenvalue weighted by Gasteiger charge is 2.14. The first kappa shape index (κ1) is 22.3. The minimum atomic E-state index is -0.398. The molecule has 5 aromatic rings. The van der Waals surface area contributed by atoms with Gasteiger partial charge in [0, 0.05) is 31.9 Å². The van der Waals surface area contributed by atoms with Gasteiger partial charge in [0.25, 0.3) is 5.91 Å². The Morgan fingerprint density at radius 2 is 1.88 bits per heavy atom. The number of carbonyl (C=O) groups excluding carboxylic acids is 1. The van der Waals surface area contributed by atoms with Crippen molar-refractivity contribution in [2.45, 2.75) is 0 Å². The average Bonchev–Trinajstić information content (AvgIpc) is 3.33. The number of phenols is 1. The molecule has 0 radical (unpaired) electrons. The van der Waals surface area contributed by atoms with Crippen LogP contribution in [0.4, 0.5) is 0 Å². The van der Waals surface area contributed by atoms with E-state index in [4.69, 9.17) is 21.0 Å². The van der Waals surface area contributed by atoms with E-state index in [2.05, 4.69) is 26.5 Å². The fourth-order valence-electron chi connectivity index (χ4n) is 3.30. The molecule has 0 unspecified atom stereocenters. The minimum Gasteiger partial charge on any atom is -0.508 e. The third-order valence-electron chi connectivity index (χ3n) is 4.99. The maximum absolute atomic E-state index is 12.7. The number of phenolic OH excluding ortho intramolecular Hbond substituents is 1. The smallest absolute Gasteiger partial charge is 0.272 e. The standard InChI is InChI=1S/C25H15BrClN3O3S/c26-20-4-2-1-3-18(20)23(32)29-30-24-19(11-15-7-10-17(31)12-22(15)33-24)25-28-21(13-34-25)14-5-8-16(27)9-6-14/h1-13,31H,(H,29,32)/b30-24+. The summed E-state index contributed by atoms with van der Waals surface area (Å²) in [5.41, 5.74) is 5.89. The molecule has 1 amide bonds. The predicted molar refractivity (Wildman–Crippen MR) is 137 cm³/mol. The van der Waals surface area contributed by atoms with Gasteiger partial charge >= 0.3 is 0 Å². The van der Waals surface area contributed by atoms with Gasteiger partial charge in [-0.05, 0) is 58.4 Å². The second-order valence-corrected chi connectivity index (χ2v) is 9.41. The van der Waals surface area contributed by atoms with Crippen LogP contribution >= 0.6 is 38.9 Å². The molecule has 34 heavy (non-hydrogen) atoms. The number of halogens is 2. The Labute approximate surface area is 211 Å². The summed E-state index contributed by atoms with van der Waals surface area (Å²) in [6, 6.07) is 21.2. The highest BCUT2D eigenvalue weighted by molar-refractivity contribution is 9.10. The molecular weight excluding hydrogens is 538 g/mol. The number of thiazole rings is 1. The number of hydrogen-bond donors (Lipinski definition) is 2. The van der Waals surface area contributed by atoms with E-state index < -0.39 is 5.91 Å². The molecule has 0 bridgehead atoms. The molecule has 2 N–H and O–H groups in total. The number of hydrogen-bond acceptors (Lipinski definition) is 6. The fourth-order valence-corrected chi connectivity index (χ4v) is 4.73. The van der Waals surface area contributed by atoms with Crippen LogP contribution in [0.2, 0.25) is 5.02 Å². The summed E-state index contributed by atoms with van der Waals surface area (Å²) in [5, 5.41) is 18.1. The normalized spacial score (nSPS) is 11.6. The predicted octanol–water partition coefficient (Wildman–Crippen LogP) is 6.59. The van der Waals surface area contributed by atoms with Crippen molar-refractivity contribution in [3.05, 3.63) is 98.8 Å². The fraction of sp³-hybridized carbons (Fsp3) is 0. The van der Waals surface area contributed by atoms with Gasteiger partial charge in [-0.2, -0.15) is 0 Å². The topological polar surface area (TPSA) is 87.7 Å². The highest BCUT2D eigenvalue weighted by Crippen LogP contribution is 2.30. The van der Waals surface area contributed by atoms with Crippen molar-refractivity contribution in [1.29, 1.82) is 0 Å². The van der Waals surface area contributed by atoms with Crippen molar-refractivity contribution in [3.63, 3.8) is 0 Å². The van der Waals surface area contributed by atoms with Crippen LogP contribution in [0, 0.1) is 0 Å². The van der Waals surface area contributed by atoms with Crippen molar-refractivity contribution in [2.75, 3.05) is 0 Å². The maximum atomic E-state index is 12.7. The lowest BCUT2D eigenvalue weighted by atomic mass is 10.1. The zero-order valence-electron chi connectivity index (χ0n) is 17.3. The van der Waals surface area contributed by atoms with E-state index in [9.17, 15) is 9.90 Å². The van der Waals surface area contributed by atoms with Crippen molar-refractivity contribution in [2.24, 2.45) is 5.10 Å². The Morgan fingerprint density at radius 1 is 1.09 bits per heavy atom. The first-order valence-corrected chi connectivity index (χ1v) is 12.1. The summed E-state index contributed by atoms with van der Waals surface area (Å²) in [7, 11) is 0. The Balaban J connectivity index is 1.59. The molecule has 0 saturated carbocycles. The highest BCUT2D eigenvalue weighted by atomic mass is 79.9. The zero-order chi connectivity index (χ0) is 23.7. The molecule has 0 aliphatic heterocycles. The monoisotopic (exact) mass is 551 g/mol. The second-order valence-electron chi connectivity index (χ2n) is 7.26. The minimum absolute atomic E-state index is 0.0616. The number of aromatic nitrogens is 1. The lowest BCUT2D eigenvalue weighted by Gasteiger charge is -2.05. The first-order chi connectivity index (χ1) is 16.5. The van der Waals surface area contributed by atoms with Crippen LogP contribution in [0.15, 0.2) is 92.2 Å². The second kappa shape index (κ2) is 9.42. The van der Waals surface area contributed by atoms with Crippen LogP contribution in [0.5, 0.6) is 5.75 Å². The number of nitrogens with zero attached hydrogens (tertiary/aromatic N) is 2. The molecule has 6 nitrogen and oxygen atoms in total. The van der Waals surface area contributed by atoms with E-state index in [0.717, 1.165) is 16.6 Å². The van der Waals surface area contributed by atoms with Gasteiger partial charge in [0.05, 0.1) is 16.8 Å². The lowest BCUT2D eigenvalue weighted by molar-refractivity contribution is 0.0950. The van der Waals surface area contributed by atoms with E-state index in [0.29, 0.717) is 31.2 Å². The van der Waals surface area contributed by atoms with Crippen molar-refractivity contribution in [1.82, 2.24) is 10.4 Å². The maximum Gasteiger partial charge on any atom is 0.272 e. The molecule has 0 aliphatic carbocycles. The molecular formula is C25H15BrClN3O3S. The Kier molecular flexibility index (Phi) is 6.19. The van der Waals surface area contributed by atoms with Crippen LogP contribution in [0.25, 0.3) is 32.8 Å². The van der Waals surface area contributed by atoms with E-state index in [-0.39, 0.29) is 11.3 Å². The largest absolute Gasteiger partial charge is 0.508 e. The number of carbonyl (C=O) groups is 1. The molecule has 168 valence electrons. The van der Waals surface area contributed by atoms with E-state index in [1.54, 1.807) is 30.3 Å². The van der Waals surface area contributed by atoms with Crippen molar-refractivity contribution in [3.8, 4) is 27.6 Å². The third-order valence-corrected chi connectivity index (χ3v) is 6.81. The van der Waals surface area contributed by atoms with Crippen LogP contribution in [0.1, 0.15) is 10.4 Å². The quantitative estimate of drug-likeness (QED) is 0.246. The summed E-state index contributed by atoms with van der Waals surface area (Å²) >= 11 is 10.8. The number of fused-ring (bicyclic) bond motifs is 1. The molecule has 0 saturated heterocycles. The number of aromatic hydroxyl groups is 1. The van der Waals surface area contributed by atoms with Gasteiger partial charge in [-0.3, -0.25) is 4.79 Å². The molecule has 0 atom stereocenters. The van der Waals surface area contributed by atoms with E-state index in [1.807, 2.05) is 41.8 Å². The number of rotatable bonds is 4. The molecule has 3 aromatic carbocycles. The summed E-state index contributed by atoms with van der Waals surface area (Å²) in [4.78, 5) is 17.4. The number of amides is 1. The summed E-state index contributed by atoms with van der Waals surface area (Å²) in [6.45, 7) is 0.